The smallest absolute Gasteiger partial charge is 0.260 e. The maximum absolute atomic E-state index is 12.7. The second-order valence-corrected chi connectivity index (χ2v) is 6.28. The Balaban J connectivity index is 2.10. The molecule has 3 heterocycles. The van der Waals surface area contributed by atoms with E-state index in [1.807, 2.05) is 11.8 Å². The Morgan fingerprint density at radius 2 is 2.14 bits per heavy atom. The van der Waals surface area contributed by atoms with Gasteiger partial charge in [-0.05, 0) is 24.8 Å². The molecule has 0 aliphatic carbocycles. The summed E-state index contributed by atoms with van der Waals surface area (Å²) in [7, 11) is 1.72. The molecule has 1 unspecified atom stereocenters. The first kappa shape index (κ1) is 13.9. The van der Waals surface area contributed by atoms with Crippen molar-refractivity contribution in [1.29, 1.82) is 0 Å². The quantitative estimate of drug-likeness (QED) is 0.919. The summed E-state index contributed by atoms with van der Waals surface area (Å²) in [6.07, 6.45) is 4.51. The van der Waals surface area contributed by atoms with Gasteiger partial charge < -0.3 is 14.5 Å². The molecule has 5 heteroatoms. The minimum Gasteiger partial charge on any atom is -0.360 e. The second kappa shape index (κ2) is 4.76. The number of hydrogen-bond donors (Lipinski definition) is 1. The van der Waals surface area contributed by atoms with Crippen molar-refractivity contribution in [2.75, 3.05) is 6.54 Å². The van der Waals surface area contributed by atoms with Crippen LogP contribution >= 0.6 is 0 Å². The van der Waals surface area contributed by atoms with Crippen molar-refractivity contribution in [2.24, 2.45) is 13.0 Å². The standard InChI is InChI=1S/C16H21N3O2/c1-9(2)12-5-6-19(12)15(20)11-7-17-14-10(3)8-18(4)16(21)13(11)14/h7-9,12,17H,5-6H2,1-4H3. The van der Waals surface area contributed by atoms with Crippen molar-refractivity contribution in [2.45, 2.75) is 33.2 Å². The minimum atomic E-state index is -0.123. The fourth-order valence-corrected chi connectivity index (χ4v) is 3.22. The Morgan fingerprint density at radius 3 is 2.71 bits per heavy atom. The lowest BCUT2D eigenvalue weighted by atomic mass is 9.91. The van der Waals surface area contributed by atoms with Gasteiger partial charge in [0.2, 0.25) is 0 Å². The number of carbonyl (C=O) groups excluding carboxylic acids is 1. The molecule has 1 fully saturated rings. The molecule has 2 aromatic heterocycles. The molecule has 5 nitrogen and oxygen atoms in total. The average molecular weight is 287 g/mol. The Kier molecular flexibility index (Phi) is 3.15. The van der Waals surface area contributed by atoms with Gasteiger partial charge in [-0.25, -0.2) is 0 Å². The van der Waals surface area contributed by atoms with Gasteiger partial charge in [-0.1, -0.05) is 13.8 Å². The van der Waals surface area contributed by atoms with Gasteiger partial charge in [-0.15, -0.1) is 0 Å². The lowest BCUT2D eigenvalue weighted by Crippen LogP contribution is -2.53. The van der Waals surface area contributed by atoms with E-state index in [-0.39, 0.29) is 17.5 Å². The van der Waals surface area contributed by atoms with Gasteiger partial charge in [0.15, 0.2) is 0 Å². The third-order valence-corrected chi connectivity index (χ3v) is 4.52. The SMILES string of the molecule is Cc1cn(C)c(=O)c2c(C(=O)N3CCC3C(C)C)c[nH]c12. The lowest BCUT2D eigenvalue weighted by molar-refractivity contribution is 0.0350. The predicted octanol–water partition coefficient (Wildman–Crippen LogP) is 2.05. The number of pyridine rings is 1. The highest BCUT2D eigenvalue weighted by atomic mass is 16.2. The third kappa shape index (κ3) is 1.99. The summed E-state index contributed by atoms with van der Waals surface area (Å²) >= 11 is 0. The highest BCUT2D eigenvalue weighted by Crippen LogP contribution is 2.28. The second-order valence-electron chi connectivity index (χ2n) is 6.28. The molecule has 0 bridgehead atoms. The van der Waals surface area contributed by atoms with E-state index >= 15 is 0 Å². The Hall–Kier alpha value is -2.04. The summed E-state index contributed by atoms with van der Waals surface area (Å²) < 4.78 is 1.54. The fraction of sp³-hybridized carbons (Fsp3) is 0.500. The molecule has 1 aliphatic heterocycles. The van der Waals surface area contributed by atoms with Crippen LogP contribution in [0.3, 0.4) is 0 Å². The van der Waals surface area contributed by atoms with Crippen molar-refractivity contribution >= 4 is 16.8 Å². The molecular formula is C16H21N3O2. The first-order valence-electron chi connectivity index (χ1n) is 7.40. The number of aromatic amines is 1. The van der Waals surface area contributed by atoms with Crippen molar-refractivity contribution in [3.05, 3.63) is 33.9 Å². The van der Waals surface area contributed by atoms with Crippen LogP contribution in [0.25, 0.3) is 10.9 Å². The fourth-order valence-electron chi connectivity index (χ4n) is 3.22. The van der Waals surface area contributed by atoms with Crippen LogP contribution in [0.2, 0.25) is 0 Å². The lowest BCUT2D eigenvalue weighted by Gasteiger charge is -2.43. The van der Waals surface area contributed by atoms with E-state index in [4.69, 9.17) is 0 Å². The molecule has 1 aliphatic rings. The molecular weight excluding hydrogens is 266 g/mol. The Labute approximate surface area is 123 Å². The van der Waals surface area contributed by atoms with E-state index in [9.17, 15) is 9.59 Å². The van der Waals surface area contributed by atoms with Crippen molar-refractivity contribution in [3.63, 3.8) is 0 Å². The van der Waals surface area contributed by atoms with Gasteiger partial charge >= 0.3 is 0 Å². The van der Waals surface area contributed by atoms with Gasteiger partial charge in [-0.2, -0.15) is 0 Å². The zero-order valence-electron chi connectivity index (χ0n) is 12.9. The first-order valence-corrected chi connectivity index (χ1v) is 7.40. The summed E-state index contributed by atoms with van der Waals surface area (Å²) in [6, 6.07) is 0.288. The minimum absolute atomic E-state index is 0.0334. The molecule has 0 aromatic carbocycles. The summed E-state index contributed by atoms with van der Waals surface area (Å²) in [4.78, 5) is 30.1. The van der Waals surface area contributed by atoms with Crippen LogP contribution in [0.1, 0.15) is 36.2 Å². The molecule has 3 rings (SSSR count). The van der Waals surface area contributed by atoms with Crippen molar-refractivity contribution in [1.82, 2.24) is 14.5 Å². The van der Waals surface area contributed by atoms with Crippen molar-refractivity contribution in [3.8, 4) is 0 Å². The normalized spacial score (nSPS) is 18.3. The molecule has 1 atom stereocenters. The predicted molar refractivity (Wildman–Crippen MR) is 82.6 cm³/mol. The van der Waals surface area contributed by atoms with Crippen LogP contribution in [0.5, 0.6) is 0 Å². The maximum Gasteiger partial charge on any atom is 0.260 e. The number of H-pyrrole nitrogens is 1. The summed E-state index contributed by atoms with van der Waals surface area (Å²) in [5.74, 6) is 0.409. The third-order valence-electron chi connectivity index (χ3n) is 4.52. The Bertz CT molecular complexity index is 770. The van der Waals surface area contributed by atoms with E-state index in [2.05, 4.69) is 18.8 Å². The highest BCUT2D eigenvalue weighted by molar-refractivity contribution is 6.07. The molecule has 112 valence electrons. The highest BCUT2D eigenvalue weighted by Gasteiger charge is 2.35. The number of nitrogens with zero attached hydrogens (tertiary/aromatic N) is 2. The summed E-state index contributed by atoms with van der Waals surface area (Å²) in [5.41, 5.74) is 2.11. The van der Waals surface area contributed by atoms with E-state index in [1.54, 1.807) is 24.0 Å². The van der Waals surface area contributed by atoms with E-state index in [0.717, 1.165) is 24.0 Å². The number of likely N-dealkylation sites (tertiary alicyclic amines) is 1. The number of aryl methyl sites for hydroxylation is 2. The molecule has 0 radical (unpaired) electrons. The molecule has 0 spiro atoms. The Morgan fingerprint density at radius 1 is 1.43 bits per heavy atom. The van der Waals surface area contributed by atoms with Gasteiger partial charge in [-0.3, -0.25) is 9.59 Å². The largest absolute Gasteiger partial charge is 0.360 e. The first-order chi connectivity index (χ1) is 9.91. The number of amides is 1. The number of hydrogen-bond acceptors (Lipinski definition) is 2. The summed E-state index contributed by atoms with van der Waals surface area (Å²) in [5, 5.41) is 0.511. The molecule has 2 aromatic rings. The molecule has 21 heavy (non-hydrogen) atoms. The van der Waals surface area contributed by atoms with E-state index in [1.165, 1.54) is 0 Å². The van der Waals surface area contributed by atoms with Gasteiger partial charge in [0.1, 0.15) is 0 Å². The number of fused-ring (bicyclic) bond motifs is 1. The van der Waals surface area contributed by atoms with Crippen LogP contribution in [-0.2, 0) is 7.05 Å². The van der Waals surface area contributed by atoms with E-state index in [0.29, 0.717) is 16.9 Å². The van der Waals surface area contributed by atoms with Crippen LogP contribution in [-0.4, -0.2) is 32.9 Å². The van der Waals surface area contributed by atoms with Gasteiger partial charge in [0.05, 0.1) is 16.5 Å². The van der Waals surface area contributed by atoms with Crippen LogP contribution < -0.4 is 5.56 Å². The maximum atomic E-state index is 12.7. The molecule has 1 amide bonds. The molecule has 1 saturated heterocycles. The summed E-state index contributed by atoms with van der Waals surface area (Å²) in [6.45, 7) is 6.97. The zero-order chi connectivity index (χ0) is 15.3. The monoisotopic (exact) mass is 287 g/mol. The van der Waals surface area contributed by atoms with Crippen LogP contribution in [0.4, 0.5) is 0 Å². The molecule has 0 saturated carbocycles. The topological polar surface area (TPSA) is 58.1 Å². The number of carbonyl (C=O) groups is 1. The van der Waals surface area contributed by atoms with E-state index < -0.39 is 0 Å². The number of aromatic nitrogens is 2. The van der Waals surface area contributed by atoms with Crippen molar-refractivity contribution < 1.29 is 4.79 Å². The van der Waals surface area contributed by atoms with Gasteiger partial charge in [0.25, 0.3) is 11.5 Å². The van der Waals surface area contributed by atoms with Gasteiger partial charge in [0, 0.05) is 32.0 Å². The van der Waals surface area contributed by atoms with Crippen LogP contribution in [0.15, 0.2) is 17.2 Å². The zero-order valence-corrected chi connectivity index (χ0v) is 12.9. The van der Waals surface area contributed by atoms with Crippen LogP contribution in [0, 0.1) is 12.8 Å². The molecule has 1 N–H and O–H groups in total. The number of nitrogens with one attached hydrogen (secondary N) is 1. The average Bonchev–Trinajstić information content (AvgIpc) is 2.79. The number of rotatable bonds is 2.